The van der Waals surface area contributed by atoms with Crippen molar-refractivity contribution in [3.05, 3.63) is 59.7 Å². The molecule has 1 saturated heterocycles. The summed E-state index contributed by atoms with van der Waals surface area (Å²) in [5, 5.41) is 12.0. The number of nitrogens with zero attached hydrogens (tertiary/aromatic N) is 1. The number of piperidine rings is 1. The largest absolute Gasteiger partial charge is 0.481 e. The highest BCUT2D eigenvalue weighted by atomic mass is 16.5. The maximum Gasteiger partial charge on any atom is 0.407 e. The summed E-state index contributed by atoms with van der Waals surface area (Å²) >= 11 is 0. The summed E-state index contributed by atoms with van der Waals surface area (Å²) < 4.78 is 5.66. The van der Waals surface area contributed by atoms with Crippen molar-refractivity contribution in [2.24, 2.45) is 5.92 Å². The molecule has 4 rings (SSSR count). The second-order valence-corrected chi connectivity index (χ2v) is 9.61. The fourth-order valence-electron chi connectivity index (χ4n) is 5.43. The second kappa shape index (κ2) is 11.4. The van der Waals surface area contributed by atoms with E-state index in [1.54, 1.807) is 4.90 Å². The van der Waals surface area contributed by atoms with Gasteiger partial charge in [-0.15, -0.1) is 0 Å². The molecule has 1 aliphatic carbocycles. The lowest BCUT2D eigenvalue weighted by atomic mass is 9.94. The third kappa shape index (κ3) is 6.02. The molecule has 2 aromatic carbocycles. The number of carboxylic acids is 1. The summed E-state index contributed by atoms with van der Waals surface area (Å²) in [5.74, 6) is -0.897. The van der Waals surface area contributed by atoms with Crippen LogP contribution in [0.25, 0.3) is 11.1 Å². The molecule has 0 radical (unpaired) electrons. The van der Waals surface area contributed by atoms with E-state index in [4.69, 9.17) is 9.84 Å². The van der Waals surface area contributed by atoms with Crippen LogP contribution in [0.2, 0.25) is 0 Å². The highest BCUT2D eigenvalue weighted by Crippen LogP contribution is 2.44. The summed E-state index contributed by atoms with van der Waals surface area (Å²) in [6.07, 6.45) is 2.89. The number of hydrogen-bond acceptors (Lipinski definition) is 4. The van der Waals surface area contributed by atoms with Crippen molar-refractivity contribution >= 4 is 18.0 Å². The van der Waals surface area contributed by atoms with Crippen molar-refractivity contribution in [2.75, 3.05) is 19.7 Å². The van der Waals surface area contributed by atoms with Crippen LogP contribution in [-0.2, 0) is 14.3 Å². The van der Waals surface area contributed by atoms with E-state index in [9.17, 15) is 14.4 Å². The molecule has 1 fully saturated rings. The maximum atomic E-state index is 12.9. The van der Waals surface area contributed by atoms with E-state index in [0.29, 0.717) is 19.5 Å². The van der Waals surface area contributed by atoms with Crippen molar-refractivity contribution < 1.29 is 24.2 Å². The Balaban J connectivity index is 1.33. The Kier molecular flexibility index (Phi) is 8.06. The van der Waals surface area contributed by atoms with Crippen LogP contribution in [0, 0.1) is 5.92 Å². The molecule has 35 heavy (non-hydrogen) atoms. The Bertz CT molecular complexity index is 1020. The summed E-state index contributed by atoms with van der Waals surface area (Å²) in [6.45, 7) is 3.35. The number of carbonyl (C=O) groups is 3. The SMILES string of the molecule is CCC[C@@H](CC(=O)N1CCCC(CC(=O)O)C1)NC(=O)OCC1c2ccccc2-c2ccccc21. The Hall–Kier alpha value is -3.35. The van der Waals surface area contributed by atoms with Gasteiger partial charge in [0, 0.05) is 37.9 Å². The molecule has 2 amide bonds. The number of likely N-dealkylation sites (tertiary alicyclic amines) is 1. The smallest absolute Gasteiger partial charge is 0.407 e. The van der Waals surface area contributed by atoms with E-state index >= 15 is 0 Å². The number of nitrogens with one attached hydrogen (secondary N) is 1. The Morgan fingerprint density at radius 2 is 1.74 bits per heavy atom. The van der Waals surface area contributed by atoms with Crippen molar-refractivity contribution in [1.82, 2.24) is 10.2 Å². The molecule has 2 atom stereocenters. The first kappa shape index (κ1) is 24.8. The van der Waals surface area contributed by atoms with Crippen molar-refractivity contribution in [3.8, 4) is 11.1 Å². The molecule has 2 aromatic rings. The monoisotopic (exact) mass is 478 g/mol. The first-order valence-corrected chi connectivity index (χ1v) is 12.6. The minimum absolute atomic E-state index is 0.00934. The van der Waals surface area contributed by atoms with Gasteiger partial charge in [-0.1, -0.05) is 61.9 Å². The lowest BCUT2D eigenvalue weighted by Gasteiger charge is -2.33. The molecule has 0 bridgehead atoms. The number of rotatable bonds is 9. The predicted octanol–water partition coefficient (Wildman–Crippen LogP) is 4.80. The van der Waals surface area contributed by atoms with Gasteiger partial charge in [0.1, 0.15) is 6.61 Å². The van der Waals surface area contributed by atoms with Gasteiger partial charge >= 0.3 is 12.1 Å². The van der Waals surface area contributed by atoms with Gasteiger partial charge in [0.15, 0.2) is 0 Å². The predicted molar refractivity (Wildman–Crippen MR) is 133 cm³/mol. The van der Waals surface area contributed by atoms with Crippen LogP contribution in [0.15, 0.2) is 48.5 Å². The van der Waals surface area contributed by atoms with Crippen LogP contribution in [0.1, 0.15) is 62.5 Å². The number of alkyl carbamates (subject to hydrolysis) is 1. The van der Waals surface area contributed by atoms with Crippen LogP contribution in [0.3, 0.4) is 0 Å². The zero-order valence-corrected chi connectivity index (χ0v) is 20.2. The molecule has 0 spiro atoms. The average Bonchev–Trinajstić information content (AvgIpc) is 3.16. The van der Waals surface area contributed by atoms with Crippen molar-refractivity contribution in [2.45, 2.75) is 57.4 Å². The average molecular weight is 479 g/mol. The third-order valence-corrected chi connectivity index (χ3v) is 7.06. The zero-order chi connectivity index (χ0) is 24.8. The summed E-state index contributed by atoms with van der Waals surface area (Å²) in [6, 6.07) is 16.1. The molecule has 2 aliphatic rings. The Morgan fingerprint density at radius 3 is 2.37 bits per heavy atom. The van der Waals surface area contributed by atoms with Crippen LogP contribution in [-0.4, -0.2) is 53.7 Å². The van der Waals surface area contributed by atoms with E-state index < -0.39 is 12.1 Å². The van der Waals surface area contributed by atoms with Crippen LogP contribution < -0.4 is 5.32 Å². The molecular formula is C28H34N2O5. The molecule has 7 heteroatoms. The van der Waals surface area contributed by atoms with Gasteiger partial charge in [-0.2, -0.15) is 0 Å². The van der Waals surface area contributed by atoms with Gasteiger partial charge in [-0.25, -0.2) is 4.79 Å². The number of carbonyl (C=O) groups excluding carboxylic acids is 2. The molecular weight excluding hydrogens is 444 g/mol. The van der Waals surface area contributed by atoms with Crippen LogP contribution in [0.4, 0.5) is 4.79 Å². The minimum atomic E-state index is -0.829. The molecule has 0 aromatic heterocycles. The first-order valence-electron chi connectivity index (χ1n) is 12.6. The maximum absolute atomic E-state index is 12.9. The summed E-state index contributed by atoms with van der Waals surface area (Å²) in [5.41, 5.74) is 4.66. The van der Waals surface area contributed by atoms with Gasteiger partial charge < -0.3 is 20.1 Å². The summed E-state index contributed by atoms with van der Waals surface area (Å²) in [4.78, 5) is 38.4. The Labute approximate surface area is 206 Å². The van der Waals surface area contributed by atoms with Crippen molar-refractivity contribution in [1.29, 1.82) is 0 Å². The lowest BCUT2D eigenvalue weighted by Crippen LogP contribution is -2.44. The molecule has 186 valence electrons. The molecule has 7 nitrogen and oxygen atoms in total. The van der Waals surface area contributed by atoms with E-state index in [1.165, 1.54) is 11.1 Å². The highest BCUT2D eigenvalue weighted by molar-refractivity contribution is 5.80. The summed E-state index contributed by atoms with van der Waals surface area (Å²) in [7, 11) is 0. The van der Waals surface area contributed by atoms with Gasteiger partial charge in [0.25, 0.3) is 0 Å². The number of carboxylic acid groups (broad SMARTS) is 1. The zero-order valence-electron chi connectivity index (χ0n) is 20.2. The normalized spacial score (nSPS) is 17.9. The lowest BCUT2D eigenvalue weighted by molar-refractivity contribution is -0.140. The molecule has 2 N–H and O–H groups in total. The first-order chi connectivity index (χ1) is 17.0. The minimum Gasteiger partial charge on any atom is -0.481 e. The molecule has 1 aliphatic heterocycles. The van der Waals surface area contributed by atoms with Crippen LogP contribution in [0.5, 0.6) is 0 Å². The van der Waals surface area contributed by atoms with Crippen molar-refractivity contribution in [3.63, 3.8) is 0 Å². The number of aliphatic carboxylic acids is 1. The fraction of sp³-hybridized carbons (Fsp3) is 0.464. The number of benzene rings is 2. The highest BCUT2D eigenvalue weighted by Gasteiger charge is 2.30. The number of ether oxygens (including phenoxy) is 1. The van der Waals surface area contributed by atoms with Gasteiger partial charge in [0.05, 0.1) is 0 Å². The van der Waals surface area contributed by atoms with E-state index in [1.807, 2.05) is 31.2 Å². The topological polar surface area (TPSA) is 95.9 Å². The number of hydrogen-bond donors (Lipinski definition) is 2. The second-order valence-electron chi connectivity index (χ2n) is 9.61. The molecule has 1 unspecified atom stereocenters. The van der Waals surface area contributed by atoms with Gasteiger partial charge in [0.2, 0.25) is 5.91 Å². The van der Waals surface area contributed by atoms with Gasteiger partial charge in [-0.05, 0) is 47.4 Å². The fourth-order valence-corrected chi connectivity index (χ4v) is 5.43. The van der Waals surface area contributed by atoms with E-state index in [-0.39, 0.29) is 43.2 Å². The van der Waals surface area contributed by atoms with Crippen LogP contribution >= 0.6 is 0 Å². The molecule has 1 heterocycles. The standard InChI is InChI=1S/C28H34N2O5/c1-2-8-20(16-26(31)30-14-7-9-19(17-30)15-27(32)33)29-28(34)35-18-25-23-12-5-3-10-21(23)22-11-4-6-13-24(22)25/h3-6,10-13,19-20,25H,2,7-9,14-18H2,1H3,(H,29,34)(H,32,33)/t19?,20-/m0/s1. The quantitative estimate of drug-likeness (QED) is 0.540. The van der Waals surface area contributed by atoms with E-state index in [2.05, 4.69) is 29.6 Å². The number of fused-ring (bicyclic) bond motifs is 3. The van der Waals surface area contributed by atoms with E-state index in [0.717, 1.165) is 30.4 Å². The third-order valence-electron chi connectivity index (χ3n) is 7.06. The molecule has 0 saturated carbocycles. The van der Waals surface area contributed by atoms with Gasteiger partial charge in [-0.3, -0.25) is 9.59 Å². The number of amides is 2. The Morgan fingerprint density at radius 1 is 1.09 bits per heavy atom.